The van der Waals surface area contributed by atoms with Crippen LogP contribution in [0.2, 0.25) is 0 Å². The highest BCUT2D eigenvalue weighted by molar-refractivity contribution is 5.15. The molecule has 2 heterocycles. The minimum absolute atomic E-state index is 0.222. The zero-order chi connectivity index (χ0) is 11.4. The largest absolute Gasteiger partial charge is 0.387 e. The molecule has 0 radical (unpaired) electrons. The number of pyridine rings is 1. The molecule has 0 spiro atoms. The molecule has 0 aromatic carbocycles. The molecule has 1 saturated heterocycles. The van der Waals surface area contributed by atoms with Gasteiger partial charge in [-0.15, -0.1) is 0 Å². The summed E-state index contributed by atoms with van der Waals surface area (Å²) in [6.45, 7) is 2.98. The molecule has 1 fully saturated rings. The fourth-order valence-electron chi connectivity index (χ4n) is 2.17. The highest BCUT2D eigenvalue weighted by Crippen LogP contribution is 2.16. The highest BCUT2D eigenvalue weighted by atomic mass is 16.3. The van der Waals surface area contributed by atoms with E-state index in [0.29, 0.717) is 0 Å². The lowest BCUT2D eigenvalue weighted by Crippen LogP contribution is -2.40. The van der Waals surface area contributed by atoms with Crippen molar-refractivity contribution in [1.29, 1.82) is 0 Å². The Morgan fingerprint density at radius 3 is 2.56 bits per heavy atom. The van der Waals surface area contributed by atoms with Crippen molar-refractivity contribution in [3.8, 4) is 0 Å². The molecule has 1 aliphatic heterocycles. The van der Waals surface area contributed by atoms with Crippen LogP contribution in [0.25, 0.3) is 0 Å². The first kappa shape index (κ1) is 11.5. The van der Waals surface area contributed by atoms with Gasteiger partial charge in [0.25, 0.3) is 0 Å². The molecule has 0 saturated carbocycles. The lowest BCUT2D eigenvalue weighted by atomic mass is 10.0. The summed E-state index contributed by atoms with van der Waals surface area (Å²) in [5, 5.41) is 10.1. The third kappa shape index (κ3) is 2.78. The van der Waals surface area contributed by atoms with Gasteiger partial charge in [0.05, 0.1) is 6.10 Å². The predicted octanol–water partition coefficient (Wildman–Crippen LogP) is 0.538. The highest BCUT2D eigenvalue weighted by Gasteiger charge is 2.21. The second kappa shape index (κ2) is 5.39. The topological polar surface area (TPSA) is 62.4 Å². The van der Waals surface area contributed by atoms with Crippen molar-refractivity contribution in [3.05, 3.63) is 30.1 Å². The zero-order valence-corrected chi connectivity index (χ0v) is 9.42. The Bertz CT molecular complexity index is 311. The van der Waals surface area contributed by atoms with Gasteiger partial charge in [0, 0.05) is 25.0 Å². The Balaban J connectivity index is 1.91. The molecule has 1 aromatic rings. The standard InChI is InChI=1S/C12H19N3O/c13-11(9-15-7-1-2-8-15)12(16)10-3-5-14-6-4-10/h3-6,11-12,16H,1-2,7-9,13H2. The first-order valence-corrected chi connectivity index (χ1v) is 5.83. The summed E-state index contributed by atoms with van der Waals surface area (Å²) in [5.41, 5.74) is 6.87. The van der Waals surface area contributed by atoms with Crippen LogP contribution in [0.1, 0.15) is 24.5 Å². The van der Waals surface area contributed by atoms with E-state index in [1.807, 2.05) is 12.1 Å². The number of hydrogen-bond acceptors (Lipinski definition) is 4. The second-order valence-corrected chi connectivity index (χ2v) is 4.40. The lowest BCUT2D eigenvalue weighted by molar-refractivity contribution is 0.125. The van der Waals surface area contributed by atoms with Gasteiger partial charge in [0.1, 0.15) is 0 Å². The van der Waals surface area contributed by atoms with Gasteiger partial charge in [0.15, 0.2) is 0 Å². The normalized spacial score (nSPS) is 20.9. The number of rotatable bonds is 4. The average Bonchev–Trinajstić information content (AvgIpc) is 2.82. The van der Waals surface area contributed by atoms with Gasteiger partial charge in [-0.05, 0) is 43.6 Å². The summed E-state index contributed by atoms with van der Waals surface area (Å²) in [6, 6.07) is 3.41. The molecule has 88 valence electrons. The van der Waals surface area contributed by atoms with Crippen molar-refractivity contribution in [3.63, 3.8) is 0 Å². The predicted molar refractivity (Wildman–Crippen MR) is 62.8 cm³/mol. The van der Waals surface area contributed by atoms with E-state index in [4.69, 9.17) is 5.73 Å². The fourth-order valence-corrected chi connectivity index (χ4v) is 2.17. The van der Waals surface area contributed by atoms with Crippen LogP contribution >= 0.6 is 0 Å². The van der Waals surface area contributed by atoms with Crippen molar-refractivity contribution in [2.75, 3.05) is 19.6 Å². The molecule has 1 aromatic heterocycles. The molecule has 2 rings (SSSR count). The van der Waals surface area contributed by atoms with E-state index < -0.39 is 6.10 Å². The average molecular weight is 221 g/mol. The SMILES string of the molecule is NC(CN1CCCC1)C(O)c1ccncc1. The maximum absolute atomic E-state index is 10.1. The minimum atomic E-state index is -0.594. The number of aromatic nitrogens is 1. The Hall–Kier alpha value is -0.970. The summed E-state index contributed by atoms with van der Waals surface area (Å²) < 4.78 is 0. The van der Waals surface area contributed by atoms with Crippen molar-refractivity contribution >= 4 is 0 Å². The molecule has 0 aliphatic carbocycles. The third-order valence-corrected chi connectivity index (χ3v) is 3.12. The van der Waals surface area contributed by atoms with Crippen molar-refractivity contribution in [2.45, 2.75) is 25.0 Å². The van der Waals surface area contributed by atoms with Gasteiger partial charge in [-0.25, -0.2) is 0 Å². The summed E-state index contributed by atoms with van der Waals surface area (Å²) in [5.74, 6) is 0. The fraction of sp³-hybridized carbons (Fsp3) is 0.583. The molecule has 4 heteroatoms. The van der Waals surface area contributed by atoms with Crippen molar-refractivity contribution < 1.29 is 5.11 Å². The van der Waals surface area contributed by atoms with Crippen LogP contribution in [0.3, 0.4) is 0 Å². The summed E-state index contributed by atoms with van der Waals surface area (Å²) in [7, 11) is 0. The number of nitrogens with two attached hydrogens (primary N) is 1. The van der Waals surface area contributed by atoms with Crippen LogP contribution in [0.4, 0.5) is 0 Å². The number of aliphatic hydroxyl groups excluding tert-OH is 1. The molecular formula is C12H19N3O. The van der Waals surface area contributed by atoms with Gasteiger partial charge in [-0.1, -0.05) is 0 Å². The molecule has 2 atom stereocenters. The molecular weight excluding hydrogens is 202 g/mol. The molecule has 0 bridgehead atoms. The summed E-state index contributed by atoms with van der Waals surface area (Å²) in [4.78, 5) is 6.24. The number of aliphatic hydroxyl groups is 1. The maximum Gasteiger partial charge on any atom is 0.0954 e. The van der Waals surface area contributed by atoms with E-state index in [1.54, 1.807) is 12.4 Å². The molecule has 3 N–H and O–H groups in total. The molecule has 0 amide bonds. The van der Waals surface area contributed by atoms with Crippen molar-refractivity contribution in [1.82, 2.24) is 9.88 Å². The number of hydrogen-bond donors (Lipinski definition) is 2. The number of likely N-dealkylation sites (tertiary alicyclic amines) is 1. The molecule has 4 nitrogen and oxygen atoms in total. The van der Waals surface area contributed by atoms with Crippen molar-refractivity contribution in [2.24, 2.45) is 5.73 Å². The second-order valence-electron chi connectivity index (χ2n) is 4.40. The van der Waals surface area contributed by atoms with Gasteiger partial charge in [0.2, 0.25) is 0 Å². The lowest BCUT2D eigenvalue weighted by Gasteiger charge is -2.24. The first-order chi connectivity index (χ1) is 7.77. The minimum Gasteiger partial charge on any atom is -0.387 e. The van der Waals surface area contributed by atoms with Crippen LogP contribution in [0, 0.1) is 0 Å². The van der Waals surface area contributed by atoms with Crippen LogP contribution in [-0.4, -0.2) is 40.7 Å². The molecule has 16 heavy (non-hydrogen) atoms. The quantitative estimate of drug-likeness (QED) is 0.779. The molecule has 1 aliphatic rings. The van der Waals surface area contributed by atoms with Gasteiger partial charge >= 0.3 is 0 Å². The van der Waals surface area contributed by atoms with Gasteiger partial charge in [-0.2, -0.15) is 0 Å². The summed E-state index contributed by atoms with van der Waals surface area (Å²) in [6.07, 6.45) is 5.27. The van der Waals surface area contributed by atoms with E-state index in [1.165, 1.54) is 12.8 Å². The van der Waals surface area contributed by atoms with E-state index in [9.17, 15) is 5.11 Å². The first-order valence-electron chi connectivity index (χ1n) is 5.83. The van der Waals surface area contributed by atoms with E-state index in [-0.39, 0.29) is 6.04 Å². The smallest absolute Gasteiger partial charge is 0.0954 e. The van der Waals surface area contributed by atoms with Crippen LogP contribution in [0.5, 0.6) is 0 Å². The Morgan fingerprint density at radius 2 is 1.94 bits per heavy atom. The monoisotopic (exact) mass is 221 g/mol. The van der Waals surface area contributed by atoms with E-state index in [2.05, 4.69) is 9.88 Å². The van der Waals surface area contributed by atoms with Gasteiger partial charge in [-0.3, -0.25) is 4.98 Å². The zero-order valence-electron chi connectivity index (χ0n) is 9.42. The Morgan fingerprint density at radius 1 is 1.31 bits per heavy atom. The Kier molecular flexibility index (Phi) is 3.88. The number of nitrogens with zero attached hydrogens (tertiary/aromatic N) is 2. The maximum atomic E-state index is 10.1. The van der Waals surface area contributed by atoms with Crippen LogP contribution in [0.15, 0.2) is 24.5 Å². The Labute approximate surface area is 96.1 Å². The third-order valence-electron chi connectivity index (χ3n) is 3.12. The van der Waals surface area contributed by atoms with Crippen LogP contribution in [-0.2, 0) is 0 Å². The summed E-state index contributed by atoms with van der Waals surface area (Å²) >= 11 is 0. The van der Waals surface area contributed by atoms with Crippen LogP contribution < -0.4 is 5.73 Å². The van der Waals surface area contributed by atoms with E-state index >= 15 is 0 Å². The van der Waals surface area contributed by atoms with E-state index in [0.717, 1.165) is 25.2 Å². The van der Waals surface area contributed by atoms with Gasteiger partial charge < -0.3 is 15.7 Å². The molecule has 2 unspecified atom stereocenters.